The number of nitrogens with two attached hydrogens (primary N) is 2. The molecule has 14 nitrogen and oxygen atoms in total. The first-order chi connectivity index (χ1) is 21.8. The van der Waals surface area contributed by atoms with Gasteiger partial charge in [0.2, 0.25) is 11.8 Å². The Morgan fingerprint density at radius 1 is 1.04 bits per heavy atom. The Balaban J connectivity index is 0.00000500. The fourth-order valence-electron chi connectivity index (χ4n) is 5.03. The van der Waals surface area contributed by atoms with Crippen molar-refractivity contribution in [2.75, 3.05) is 10.8 Å². The number of primary amides is 1. The van der Waals surface area contributed by atoms with Gasteiger partial charge in [0, 0.05) is 30.6 Å². The SMILES string of the molecule is Cl.Cn1c(Cc2ccc(C(=N)N)cc2)nc2cc(N(CC(=O)NC(CC(N)=O)C(=O)O)S(=O)(=O)c3cccc4cccnc34)ccc21. The van der Waals surface area contributed by atoms with Crippen LogP contribution in [0.3, 0.4) is 0 Å². The number of nitrogens with zero attached hydrogens (tertiary/aromatic N) is 4. The molecule has 2 aromatic heterocycles. The molecule has 7 N–H and O–H groups in total. The van der Waals surface area contributed by atoms with Crippen molar-refractivity contribution >= 4 is 73.7 Å². The number of rotatable bonds is 12. The Morgan fingerprint density at radius 2 is 1.74 bits per heavy atom. The number of aromatic nitrogens is 3. The van der Waals surface area contributed by atoms with E-state index in [2.05, 4.69) is 10.3 Å². The molecule has 16 heteroatoms. The molecule has 1 atom stereocenters. The fourth-order valence-corrected chi connectivity index (χ4v) is 6.61. The molecule has 0 saturated heterocycles. The highest BCUT2D eigenvalue weighted by Crippen LogP contribution is 2.30. The number of fused-ring (bicyclic) bond motifs is 2. The molecule has 0 saturated carbocycles. The number of hydrogen-bond donors (Lipinski definition) is 5. The Hall–Kier alpha value is -5.54. The average Bonchev–Trinajstić information content (AvgIpc) is 3.32. The second-order valence-corrected chi connectivity index (χ2v) is 12.3. The van der Waals surface area contributed by atoms with E-state index in [1.165, 1.54) is 24.4 Å². The molecule has 47 heavy (non-hydrogen) atoms. The number of aliphatic carboxylic acids is 1. The van der Waals surface area contributed by atoms with Gasteiger partial charge in [-0.05, 0) is 35.9 Å². The highest BCUT2D eigenvalue weighted by molar-refractivity contribution is 7.93. The van der Waals surface area contributed by atoms with Crippen LogP contribution in [0.1, 0.15) is 23.4 Å². The second kappa shape index (κ2) is 13.8. The minimum Gasteiger partial charge on any atom is -0.480 e. The maximum atomic E-state index is 14.3. The normalized spacial score (nSPS) is 11.9. The third-order valence-corrected chi connectivity index (χ3v) is 9.17. The Morgan fingerprint density at radius 3 is 2.40 bits per heavy atom. The van der Waals surface area contributed by atoms with Gasteiger partial charge in [0.25, 0.3) is 10.0 Å². The number of imidazole rings is 1. The van der Waals surface area contributed by atoms with E-state index >= 15 is 0 Å². The molecule has 0 aliphatic heterocycles. The molecule has 0 bridgehead atoms. The van der Waals surface area contributed by atoms with E-state index in [1.807, 2.05) is 23.7 Å². The largest absolute Gasteiger partial charge is 0.480 e. The van der Waals surface area contributed by atoms with Crippen molar-refractivity contribution in [2.24, 2.45) is 18.5 Å². The summed E-state index contributed by atoms with van der Waals surface area (Å²) in [6.07, 6.45) is 1.21. The number of hydrogen-bond acceptors (Lipinski definition) is 8. The molecule has 0 aliphatic carbocycles. The van der Waals surface area contributed by atoms with Crippen LogP contribution in [0, 0.1) is 5.41 Å². The zero-order valence-electron chi connectivity index (χ0n) is 25.0. The Labute approximate surface area is 275 Å². The second-order valence-electron chi connectivity index (χ2n) is 10.5. The molecule has 5 aromatic rings. The van der Waals surface area contributed by atoms with Crippen LogP contribution >= 0.6 is 12.4 Å². The van der Waals surface area contributed by atoms with Gasteiger partial charge < -0.3 is 26.5 Å². The van der Waals surface area contributed by atoms with E-state index in [0.717, 1.165) is 9.87 Å². The van der Waals surface area contributed by atoms with Gasteiger partial charge in [-0.25, -0.2) is 18.2 Å². The third-order valence-electron chi connectivity index (χ3n) is 7.36. The number of nitrogens with one attached hydrogen (secondary N) is 2. The number of nitrogen functional groups attached to an aromatic ring is 1. The minimum atomic E-state index is -4.48. The first-order valence-electron chi connectivity index (χ1n) is 13.9. The van der Waals surface area contributed by atoms with Gasteiger partial charge in [-0.3, -0.25) is 24.3 Å². The predicted molar refractivity (Wildman–Crippen MR) is 178 cm³/mol. The number of pyridine rings is 1. The van der Waals surface area contributed by atoms with Crippen LogP contribution in [0.25, 0.3) is 21.9 Å². The smallest absolute Gasteiger partial charge is 0.326 e. The summed E-state index contributed by atoms with van der Waals surface area (Å²) in [5, 5.41) is 19.8. The van der Waals surface area contributed by atoms with Gasteiger partial charge in [0.05, 0.1) is 28.7 Å². The Kier molecular flexibility index (Phi) is 10.1. The molecule has 1 unspecified atom stereocenters. The number of amides is 2. The molecule has 0 fully saturated rings. The number of aryl methyl sites for hydroxylation is 1. The average molecular weight is 679 g/mol. The fraction of sp³-hybridized carbons (Fsp3) is 0.161. The van der Waals surface area contributed by atoms with Crippen LogP contribution in [-0.2, 0) is 37.9 Å². The van der Waals surface area contributed by atoms with Crippen LogP contribution < -0.4 is 21.1 Å². The number of halogens is 1. The lowest BCUT2D eigenvalue weighted by molar-refractivity contribution is -0.143. The van der Waals surface area contributed by atoms with E-state index in [4.69, 9.17) is 21.9 Å². The molecule has 3 aromatic carbocycles. The molecule has 0 aliphatic rings. The molecule has 5 rings (SSSR count). The van der Waals surface area contributed by atoms with Crippen LogP contribution in [0.2, 0.25) is 0 Å². The van der Waals surface area contributed by atoms with E-state index in [9.17, 15) is 27.9 Å². The molecular formula is C31H31ClN8O6S. The monoisotopic (exact) mass is 678 g/mol. The summed E-state index contributed by atoms with van der Waals surface area (Å²) in [5.41, 5.74) is 13.6. The van der Waals surface area contributed by atoms with E-state index in [0.29, 0.717) is 34.2 Å². The van der Waals surface area contributed by atoms with Gasteiger partial charge in [-0.15, -0.1) is 12.4 Å². The summed E-state index contributed by atoms with van der Waals surface area (Å²) in [5.74, 6) is -2.80. The minimum absolute atomic E-state index is 0. The lowest BCUT2D eigenvalue weighted by atomic mass is 10.1. The quantitative estimate of drug-likeness (QED) is 0.0959. The molecule has 2 heterocycles. The molecule has 244 valence electrons. The zero-order chi connectivity index (χ0) is 33.2. The van der Waals surface area contributed by atoms with Gasteiger partial charge in [0.1, 0.15) is 29.1 Å². The van der Waals surface area contributed by atoms with Gasteiger partial charge in [-0.2, -0.15) is 0 Å². The van der Waals surface area contributed by atoms with Crippen molar-refractivity contribution in [1.29, 1.82) is 5.41 Å². The number of carbonyl (C=O) groups is 3. The lowest BCUT2D eigenvalue weighted by Gasteiger charge is -2.25. The summed E-state index contributed by atoms with van der Waals surface area (Å²) in [7, 11) is -2.66. The standard InChI is InChI=1S/C31H30N8O6S.ClH/c1-38-24-12-11-21(15-22(24)36-27(38)14-18-7-9-20(10-8-18)30(33)34)39(17-28(41)37-23(31(42)43)16-26(32)40)46(44,45)25-6-2-4-19-5-3-13-35-29(19)25;/h2-13,15,23H,14,16-17H2,1H3,(H2,32,40)(H3,33,34)(H,37,41)(H,42,43);1H. The number of benzene rings is 3. The number of sulfonamides is 1. The van der Waals surface area contributed by atoms with E-state index < -0.39 is 46.8 Å². The molecule has 0 radical (unpaired) electrons. The first-order valence-corrected chi connectivity index (χ1v) is 15.3. The van der Waals surface area contributed by atoms with Crippen LogP contribution in [0.4, 0.5) is 5.69 Å². The van der Waals surface area contributed by atoms with Gasteiger partial charge >= 0.3 is 5.97 Å². The molecular weight excluding hydrogens is 648 g/mol. The van der Waals surface area contributed by atoms with Crippen molar-refractivity contribution < 1.29 is 27.9 Å². The summed E-state index contributed by atoms with van der Waals surface area (Å²) >= 11 is 0. The van der Waals surface area contributed by atoms with Crippen molar-refractivity contribution in [1.82, 2.24) is 19.9 Å². The molecule has 2 amide bonds. The highest BCUT2D eigenvalue weighted by Gasteiger charge is 2.31. The summed E-state index contributed by atoms with van der Waals surface area (Å²) in [6, 6.07) is 18.2. The van der Waals surface area contributed by atoms with Crippen molar-refractivity contribution in [3.05, 3.63) is 95.9 Å². The number of amidine groups is 1. The predicted octanol–water partition coefficient (Wildman–Crippen LogP) is 2.06. The third kappa shape index (κ3) is 7.31. The highest BCUT2D eigenvalue weighted by atomic mass is 35.5. The van der Waals surface area contributed by atoms with Crippen LogP contribution in [-0.4, -0.2) is 64.3 Å². The topological polar surface area (TPSA) is 227 Å². The van der Waals surface area contributed by atoms with Gasteiger partial charge in [-0.1, -0.05) is 42.5 Å². The summed E-state index contributed by atoms with van der Waals surface area (Å²) in [4.78, 5) is 45.0. The summed E-state index contributed by atoms with van der Waals surface area (Å²) < 4.78 is 31.3. The number of carbonyl (C=O) groups excluding carboxylic acids is 2. The van der Waals surface area contributed by atoms with Crippen molar-refractivity contribution in [3.63, 3.8) is 0 Å². The lowest BCUT2D eigenvalue weighted by Crippen LogP contribution is -2.48. The number of para-hydroxylation sites is 1. The maximum absolute atomic E-state index is 14.3. The Bertz CT molecular complexity index is 2110. The van der Waals surface area contributed by atoms with Gasteiger partial charge in [0.15, 0.2) is 0 Å². The maximum Gasteiger partial charge on any atom is 0.326 e. The number of anilines is 1. The van der Waals surface area contributed by atoms with Crippen molar-refractivity contribution in [2.45, 2.75) is 23.8 Å². The number of carboxylic acids is 1. The van der Waals surface area contributed by atoms with E-state index in [-0.39, 0.29) is 34.3 Å². The number of carboxylic acid groups (broad SMARTS) is 1. The molecule has 0 spiro atoms. The zero-order valence-corrected chi connectivity index (χ0v) is 26.6. The first kappa shape index (κ1) is 34.3. The van der Waals surface area contributed by atoms with Crippen LogP contribution in [0.15, 0.2) is 83.9 Å². The summed E-state index contributed by atoms with van der Waals surface area (Å²) in [6.45, 7) is -0.818. The van der Waals surface area contributed by atoms with Crippen LogP contribution in [0.5, 0.6) is 0 Å². The van der Waals surface area contributed by atoms with E-state index in [1.54, 1.807) is 42.5 Å². The van der Waals surface area contributed by atoms with Crippen molar-refractivity contribution in [3.8, 4) is 0 Å².